The van der Waals surface area contributed by atoms with Gasteiger partial charge in [0, 0.05) is 24.2 Å². The van der Waals surface area contributed by atoms with E-state index >= 15 is 0 Å². The molecule has 1 aliphatic heterocycles. The molecule has 0 saturated carbocycles. The summed E-state index contributed by atoms with van der Waals surface area (Å²) in [5.74, 6) is -0.254. The first-order valence-corrected chi connectivity index (χ1v) is 11.3. The van der Waals surface area contributed by atoms with Crippen molar-refractivity contribution >= 4 is 15.9 Å². The molecule has 1 N–H and O–H groups in total. The van der Waals surface area contributed by atoms with Gasteiger partial charge >= 0.3 is 0 Å². The van der Waals surface area contributed by atoms with Crippen molar-refractivity contribution in [3.05, 3.63) is 29.3 Å². The van der Waals surface area contributed by atoms with Gasteiger partial charge in [0.2, 0.25) is 10.0 Å². The summed E-state index contributed by atoms with van der Waals surface area (Å²) >= 11 is 0. The number of benzene rings is 1. The van der Waals surface area contributed by atoms with Crippen LogP contribution in [0.15, 0.2) is 23.1 Å². The van der Waals surface area contributed by atoms with E-state index in [1.165, 1.54) is 10.4 Å². The summed E-state index contributed by atoms with van der Waals surface area (Å²) in [4.78, 5) is 13.1. The number of sulfonamides is 1. The Hall–Kier alpha value is -1.44. The summed E-state index contributed by atoms with van der Waals surface area (Å²) in [7, 11) is -3.66. The van der Waals surface area contributed by atoms with E-state index in [4.69, 9.17) is 4.74 Å². The molecule has 1 aromatic rings. The summed E-state index contributed by atoms with van der Waals surface area (Å²) in [6.45, 7) is 13.7. The molecule has 0 atom stereocenters. The summed E-state index contributed by atoms with van der Waals surface area (Å²) in [6.07, 6.45) is 1.38. The Balaban J connectivity index is 2.32. The average molecular weight is 411 g/mol. The van der Waals surface area contributed by atoms with E-state index in [-0.39, 0.29) is 16.2 Å². The molecule has 7 heteroatoms. The van der Waals surface area contributed by atoms with Crippen LogP contribution < -0.4 is 5.32 Å². The van der Waals surface area contributed by atoms with Crippen molar-refractivity contribution in [2.75, 3.05) is 26.3 Å². The van der Waals surface area contributed by atoms with Gasteiger partial charge in [-0.15, -0.1) is 0 Å². The predicted octanol–water partition coefficient (Wildman–Crippen LogP) is 3.21. The highest BCUT2D eigenvalue weighted by Gasteiger charge is 2.31. The van der Waals surface area contributed by atoms with Crippen molar-refractivity contribution in [3.63, 3.8) is 0 Å². The Morgan fingerprint density at radius 1 is 1.14 bits per heavy atom. The summed E-state index contributed by atoms with van der Waals surface area (Å²) in [5, 5.41) is 3.06. The number of nitrogens with zero attached hydrogens (tertiary/aromatic N) is 1. The van der Waals surface area contributed by atoms with E-state index in [0.29, 0.717) is 38.3 Å². The van der Waals surface area contributed by atoms with Gasteiger partial charge in [-0.2, -0.15) is 4.31 Å². The molecule has 0 bridgehead atoms. The molecule has 2 rings (SSSR count). The monoisotopic (exact) mass is 410 g/mol. The third kappa shape index (κ3) is 5.78. The van der Waals surface area contributed by atoms with Crippen LogP contribution in [0.5, 0.6) is 0 Å². The highest BCUT2D eigenvalue weighted by molar-refractivity contribution is 7.89. The Bertz CT molecular complexity index is 804. The molecule has 0 unspecified atom stereocenters. The highest BCUT2D eigenvalue weighted by Crippen LogP contribution is 2.28. The van der Waals surface area contributed by atoms with Crippen molar-refractivity contribution < 1.29 is 17.9 Å². The SMILES string of the molecule is CCc1ccc(C(=O)NC(C)(C)CC(C)(C)C)cc1S(=O)(=O)N1CCOCC1. The minimum absolute atomic E-state index is 0.0632. The van der Waals surface area contributed by atoms with Crippen molar-refractivity contribution in [3.8, 4) is 0 Å². The number of hydrogen-bond donors (Lipinski definition) is 1. The second kappa shape index (κ2) is 8.51. The average Bonchev–Trinajstić information content (AvgIpc) is 2.59. The number of rotatable bonds is 6. The largest absolute Gasteiger partial charge is 0.379 e. The number of ether oxygens (including phenoxy) is 1. The van der Waals surface area contributed by atoms with Crippen LogP contribution in [0.2, 0.25) is 0 Å². The second-order valence-electron chi connectivity index (χ2n) is 9.27. The number of carbonyl (C=O) groups excluding carboxylic acids is 1. The quantitative estimate of drug-likeness (QED) is 0.781. The zero-order valence-electron chi connectivity index (χ0n) is 18.0. The third-order valence-electron chi connectivity index (χ3n) is 4.72. The highest BCUT2D eigenvalue weighted by atomic mass is 32.2. The van der Waals surface area contributed by atoms with Crippen molar-refractivity contribution in [1.82, 2.24) is 9.62 Å². The Kier molecular flexibility index (Phi) is 6.94. The van der Waals surface area contributed by atoms with Crippen LogP contribution in [-0.2, 0) is 21.2 Å². The lowest BCUT2D eigenvalue weighted by Gasteiger charge is -2.33. The molecule has 1 aliphatic rings. The van der Waals surface area contributed by atoms with Crippen LogP contribution >= 0.6 is 0 Å². The molecule has 0 aromatic heterocycles. The van der Waals surface area contributed by atoms with Crippen molar-refractivity contribution in [2.24, 2.45) is 5.41 Å². The summed E-state index contributed by atoms with van der Waals surface area (Å²) < 4.78 is 33.0. The molecule has 0 radical (unpaired) electrons. The van der Waals surface area contributed by atoms with Gasteiger partial charge in [-0.05, 0) is 49.8 Å². The number of carbonyl (C=O) groups is 1. The number of nitrogens with one attached hydrogen (secondary N) is 1. The molecule has 1 fully saturated rings. The van der Waals surface area contributed by atoms with Crippen LogP contribution in [0.25, 0.3) is 0 Å². The fourth-order valence-corrected chi connectivity index (χ4v) is 5.63. The third-order valence-corrected chi connectivity index (χ3v) is 6.70. The van der Waals surface area contributed by atoms with Gasteiger partial charge in [0.1, 0.15) is 0 Å². The van der Waals surface area contributed by atoms with Crippen LogP contribution in [0.3, 0.4) is 0 Å². The van der Waals surface area contributed by atoms with Crippen LogP contribution in [0.4, 0.5) is 0 Å². The zero-order valence-corrected chi connectivity index (χ0v) is 18.8. The Labute approximate surface area is 169 Å². The molecule has 1 aromatic carbocycles. The normalized spacial score (nSPS) is 16.8. The first kappa shape index (κ1) is 22.8. The minimum Gasteiger partial charge on any atom is -0.379 e. The van der Waals surface area contributed by atoms with Crippen LogP contribution in [0.1, 0.15) is 63.9 Å². The summed E-state index contributed by atoms with van der Waals surface area (Å²) in [5.41, 5.74) is 0.749. The van der Waals surface area contributed by atoms with Gasteiger partial charge in [0.15, 0.2) is 0 Å². The fraction of sp³-hybridized carbons (Fsp3) is 0.667. The zero-order chi connectivity index (χ0) is 21.2. The van der Waals surface area contributed by atoms with E-state index in [0.717, 1.165) is 12.0 Å². The van der Waals surface area contributed by atoms with Crippen molar-refractivity contribution in [2.45, 2.75) is 64.8 Å². The number of morpholine rings is 1. The van der Waals surface area contributed by atoms with Crippen LogP contribution in [0, 0.1) is 5.41 Å². The predicted molar refractivity (Wildman–Crippen MR) is 111 cm³/mol. The smallest absolute Gasteiger partial charge is 0.251 e. The molecule has 1 amide bonds. The van der Waals surface area contributed by atoms with Crippen LogP contribution in [-0.4, -0.2) is 50.5 Å². The maximum absolute atomic E-state index is 13.2. The molecule has 0 spiro atoms. The van der Waals surface area contributed by atoms with E-state index < -0.39 is 15.6 Å². The molecule has 0 aliphatic carbocycles. The maximum Gasteiger partial charge on any atom is 0.251 e. The van der Waals surface area contributed by atoms with E-state index in [1.807, 2.05) is 20.8 Å². The fourth-order valence-electron chi connectivity index (χ4n) is 3.90. The van der Waals surface area contributed by atoms with Gasteiger partial charge in [-0.3, -0.25) is 4.79 Å². The molecule has 1 saturated heterocycles. The standard InChI is InChI=1S/C21H34N2O4S/c1-7-16-8-9-17(19(24)22-21(5,6)15-20(2,3)4)14-18(16)28(25,26)23-10-12-27-13-11-23/h8-9,14H,7,10-13,15H2,1-6H3,(H,22,24). The van der Waals surface area contributed by atoms with Crippen molar-refractivity contribution in [1.29, 1.82) is 0 Å². The number of aryl methyl sites for hydroxylation is 1. The Morgan fingerprint density at radius 3 is 2.29 bits per heavy atom. The molecule has 158 valence electrons. The molecule has 6 nitrogen and oxygen atoms in total. The maximum atomic E-state index is 13.2. The van der Waals surface area contributed by atoms with Gasteiger partial charge in [-0.1, -0.05) is 33.8 Å². The molecular weight excluding hydrogens is 376 g/mol. The van der Waals surface area contributed by atoms with E-state index in [1.54, 1.807) is 12.1 Å². The number of amides is 1. The lowest BCUT2D eigenvalue weighted by Crippen LogP contribution is -2.46. The van der Waals surface area contributed by atoms with Gasteiger partial charge in [0.25, 0.3) is 5.91 Å². The van der Waals surface area contributed by atoms with Gasteiger partial charge in [-0.25, -0.2) is 8.42 Å². The lowest BCUT2D eigenvalue weighted by atomic mass is 9.81. The number of hydrogen-bond acceptors (Lipinski definition) is 4. The summed E-state index contributed by atoms with van der Waals surface area (Å²) in [6, 6.07) is 4.98. The first-order valence-electron chi connectivity index (χ1n) is 9.89. The minimum atomic E-state index is -3.66. The topological polar surface area (TPSA) is 75.7 Å². The first-order chi connectivity index (χ1) is 12.9. The molecule has 28 heavy (non-hydrogen) atoms. The van der Waals surface area contributed by atoms with E-state index in [9.17, 15) is 13.2 Å². The molecular formula is C21H34N2O4S. The van der Waals surface area contributed by atoms with Gasteiger partial charge < -0.3 is 10.1 Å². The Morgan fingerprint density at radius 2 is 1.75 bits per heavy atom. The second-order valence-corrected chi connectivity index (χ2v) is 11.2. The van der Waals surface area contributed by atoms with E-state index in [2.05, 4.69) is 26.1 Å². The lowest BCUT2D eigenvalue weighted by molar-refractivity contribution is 0.0730. The van der Waals surface area contributed by atoms with Gasteiger partial charge in [0.05, 0.1) is 18.1 Å². The molecule has 1 heterocycles.